The van der Waals surface area contributed by atoms with Crippen LogP contribution < -0.4 is 5.32 Å². The fourth-order valence-electron chi connectivity index (χ4n) is 2.51. The van der Waals surface area contributed by atoms with Crippen LogP contribution in [-0.2, 0) is 10.0 Å². The van der Waals surface area contributed by atoms with Crippen LogP contribution in [0.2, 0.25) is 0 Å². The zero-order valence-electron chi connectivity index (χ0n) is 14.9. The fourth-order valence-corrected chi connectivity index (χ4v) is 4.22. The quantitative estimate of drug-likeness (QED) is 0.858. The van der Waals surface area contributed by atoms with E-state index in [-0.39, 0.29) is 10.5 Å². The molecule has 6 nitrogen and oxygen atoms in total. The Morgan fingerprint density at radius 2 is 1.80 bits per heavy atom. The highest BCUT2D eigenvalue weighted by Crippen LogP contribution is 2.22. The number of sulfonamides is 1. The normalized spacial score (nSPS) is 11.6. The Morgan fingerprint density at radius 1 is 1.12 bits per heavy atom. The molecule has 0 spiro atoms. The first-order chi connectivity index (χ1) is 11.8. The van der Waals surface area contributed by atoms with E-state index in [2.05, 4.69) is 10.3 Å². The molecule has 0 saturated carbocycles. The van der Waals surface area contributed by atoms with Crippen LogP contribution in [0.3, 0.4) is 0 Å². The molecule has 25 heavy (non-hydrogen) atoms. The lowest BCUT2D eigenvalue weighted by Crippen LogP contribution is -2.31. The largest absolute Gasteiger partial charge is 0.307 e. The second-order valence-corrected chi connectivity index (χ2v) is 7.65. The van der Waals surface area contributed by atoms with Crippen molar-refractivity contribution in [2.24, 2.45) is 0 Å². The van der Waals surface area contributed by atoms with E-state index in [1.807, 2.05) is 13.0 Å². The minimum absolute atomic E-state index is 0.154. The SMILES string of the molecule is CCN(CC)S(=O)(=O)c1cc(C(=O)Nc2cc(C)ccn2)ccc1C. The monoisotopic (exact) mass is 361 g/mol. The van der Waals surface area contributed by atoms with Crippen LogP contribution in [0.15, 0.2) is 41.4 Å². The molecule has 0 saturated heterocycles. The van der Waals surface area contributed by atoms with Gasteiger partial charge in [-0.25, -0.2) is 13.4 Å². The molecule has 0 atom stereocenters. The average molecular weight is 361 g/mol. The van der Waals surface area contributed by atoms with Crippen molar-refractivity contribution in [3.05, 3.63) is 53.2 Å². The number of aromatic nitrogens is 1. The molecular weight excluding hydrogens is 338 g/mol. The van der Waals surface area contributed by atoms with Crippen molar-refractivity contribution < 1.29 is 13.2 Å². The third-order valence-electron chi connectivity index (χ3n) is 3.93. The third kappa shape index (κ3) is 4.24. The van der Waals surface area contributed by atoms with E-state index in [9.17, 15) is 13.2 Å². The minimum Gasteiger partial charge on any atom is -0.307 e. The molecule has 134 valence electrons. The lowest BCUT2D eigenvalue weighted by Gasteiger charge is -2.20. The van der Waals surface area contributed by atoms with E-state index in [0.29, 0.717) is 24.5 Å². The molecule has 0 aliphatic carbocycles. The highest BCUT2D eigenvalue weighted by atomic mass is 32.2. The number of pyridine rings is 1. The molecule has 2 aromatic rings. The first-order valence-corrected chi connectivity index (χ1v) is 9.58. The van der Waals surface area contributed by atoms with Gasteiger partial charge in [0.05, 0.1) is 4.90 Å². The third-order valence-corrected chi connectivity index (χ3v) is 6.12. The molecule has 0 aliphatic heterocycles. The van der Waals surface area contributed by atoms with E-state index in [1.54, 1.807) is 45.2 Å². The molecule has 0 aliphatic rings. The van der Waals surface area contributed by atoms with Crippen molar-refractivity contribution in [1.29, 1.82) is 0 Å². The topological polar surface area (TPSA) is 79.4 Å². The Hall–Kier alpha value is -2.25. The van der Waals surface area contributed by atoms with Gasteiger partial charge in [-0.2, -0.15) is 4.31 Å². The summed E-state index contributed by atoms with van der Waals surface area (Å²) in [6.45, 7) is 7.95. The van der Waals surface area contributed by atoms with E-state index >= 15 is 0 Å². The number of hydrogen-bond donors (Lipinski definition) is 1. The number of carbonyl (C=O) groups excluding carboxylic acids is 1. The van der Waals surface area contributed by atoms with Gasteiger partial charge < -0.3 is 5.32 Å². The fraction of sp³-hybridized carbons (Fsp3) is 0.333. The van der Waals surface area contributed by atoms with Crippen LogP contribution >= 0.6 is 0 Å². The predicted molar refractivity (Wildman–Crippen MR) is 98.2 cm³/mol. The summed E-state index contributed by atoms with van der Waals surface area (Å²) in [5.74, 6) is 0.0350. The van der Waals surface area contributed by atoms with Gasteiger partial charge >= 0.3 is 0 Å². The van der Waals surface area contributed by atoms with Crippen molar-refractivity contribution in [2.75, 3.05) is 18.4 Å². The number of amides is 1. The summed E-state index contributed by atoms with van der Waals surface area (Å²) >= 11 is 0. The number of nitrogens with zero attached hydrogens (tertiary/aromatic N) is 2. The van der Waals surface area contributed by atoms with Crippen molar-refractivity contribution >= 4 is 21.7 Å². The Labute approximate surface area is 148 Å². The van der Waals surface area contributed by atoms with E-state index in [1.165, 1.54) is 10.4 Å². The number of rotatable bonds is 6. The lowest BCUT2D eigenvalue weighted by atomic mass is 10.1. The van der Waals surface area contributed by atoms with Crippen molar-refractivity contribution in [2.45, 2.75) is 32.6 Å². The van der Waals surface area contributed by atoms with Crippen molar-refractivity contribution in [3.63, 3.8) is 0 Å². The van der Waals surface area contributed by atoms with Gasteiger partial charge in [0.15, 0.2) is 0 Å². The number of carbonyl (C=O) groups is 1. The number of aryl methyl sites for hydroxylation is 2. The average Bonchev–Trinajstić information content (AvgIpc) is 2.55. The van der Waals surface area contributed by atoms with Crippen LogP contribution in [-0.4, -0.2) is 36.7 Å². The molecule has 1 aromatic carbocycles. The number of nitrogens with one attached hydrogen (secondary N) is 1. The molecular formula is C18H23N3O3S. The van der Waals surface area contributed by atoms with Gasteiger partial charge in [0.2, 0.25) is 10.0 Å². The summed E-state index contributed by atoms with van der Waals surface area (Å²) in [7, 11) is -3.63. The molecule has 0 bridgehead atoms. The summed E-state index contributed by atoms with van der Waals surface area (Å²) in [6, 6.07) is 8.26. The summed E-state index contributed by atoms with van der Waals surface area (Å²) in [5.41, 5.74) is 1.86. The summed E-state index contributed by atoms with van der Waals surface area (Å²) in [5, 5.41) is 2.70. The lowest BCUT2D eigenvalue weighted by molar-refractivity contribution is 0.102. The summed E-state index contributed by atoms with van der Waals surface area (Å²) in [6.07, 6.45) is 1.61. The Morgan fingerprint density at radius 3 is 2.40 bits per heavy atom. The summed E-state index contributed by atoms with van der Waals surface area (Å²) in [4.78, 5) is 16.7. The molecule has 0 unspecified atom stereocenters. The maximum absolute atomic E-state index is 12.8. The van der Waals surface area contributed by atoms with Gasteiger partial charge in [-0.15, -0.1) is 0 Å². The number of anilines is 1. The number of benzene rings is 1. The molecule has 1 N–H and O–H groups in total. The highest BCUT2D eigenvalue weighted by Gasteiger charge is 2.24. The van der Waals surface area contributed by atoms with Crippen molar-refractivity contribution in [3.8, 4) is 0 Å². The predicted octanol–water partition coefficient (Wildman–Crippen LogP) is 2.98. The van der Waals surface area contributed by atoms with Crippen LogP contribution in [0.1, 0.15) is 35.3 Å². The van der Waals surface area contributed by atoms with Crippen LogP contribution in [0.25, 0.3) is 0 Å². The van der Waals surface area contributed by atoms with E-state index in [4.69, 9.17) is 0 Å². The zero-order valence-corrected chi connectivity index (χ0v) is 15.7. The van der Waals surface area contributed by atoms with Gasteiger partial charge in [0.25, 0.3) is 5.91 Å². The maximum atomic E-state index is 12.8. The molecule has 7 heteroatoms. The standard InChI is InChI=1S/C18H23N3O3S/c1-5-21(6-2)25(23,24)16-12-15(8-7-14(16)4)18(22)20-17-11-13(3)9-10-19-17/h7-12H,5-6H2,1-4H3,(H,19,20,22). The van der Waals surface area contributed by atoms with Gasteiger partial charge in [-0.1, -0.05) is 19.9 Å². The molecule has 2 rings (SSSR count). The number of hydrogen-bond acceptors (Lipinski definition) is 4. The van der Waals surface area contributed by atoms with Crippen LogP contribution in [0.5, 0.6) is 0 Å². The first kappa shape index (κ1) is 19.1. The minimum atomic E-state index is -3.63. The van der Waals surface area contributed by atoms with Gasteiger partial charge in [0.1, 0.15) is 5.82 Å². The molecule has 1 aromatic heterocycles. The molecule has 0 radical (unpaired) electrons. The molecule has 1 heterocycles. The first-order valence-electron chi connectivity index (χ1n) is 8.14. The Kier molecular flexibility index (Phi) is 5.92. The Balaban J connectivity index is 2.37. The molecule has 0 fully saturated rings. The maximum Gasteiger partial charge on any atom is 0.256 e. The zero-order chi connectivity index (χ0) is 18.6. The molecule has 1 amide bonds. The van der Waals surface area contributed by atoms with Crippen LogP contribution in [0, 0.1) is 13.8 Å². The van der Waals surface area contributed by atoms with Gasteiger partial charge in [-0.3, -0.25) is 4.79 Å². The smallest absolute Gasteiger partial charge is 0.256 e. The van der Waals surface area contributed by atoms with Crippen LogP contribution in [0.4, 0.5) is 5.82 Å². The second kappa shape index (κ2) is 7.76. The van der Waals surface area contributed by atoms with Gasteiger partial charge in [-0.05, 0) is 49.2 Å². The van der Waals surface area contributed by atoms with E-state index < -0.39 is 15.9 Å². The van der Waals surface area contributed by atoms with E-state index in [0.717, 1.165) is 5.56 Å². The second-order valence-electron chi connectivity index (χ2n) is 5.74. The highest BCUT2D eigenvalue weighted by molar-refractivity contribution is 7.89. The summed E-state index contributed by atoms with van der Waals surface area (Å²) < 4.78 is 26.9. The Bertz CT molecular complexity index is 875. The van der Waals surface area contributed by atoms with Crippen molar-refractivity contribution in [1.82, 2.24) is 9.29 Å². The van der Waals surface area contributed by atoms with Gasteiger partial charge in [0, 0.05) is 24.8 Å².